The van der Waals surface area contributed by atoms with Gasteiger partial charge in [-0.3, -0.25) is 0 Å². The van der Waals surface area contributed by atoms with E-state index in [4.69, 9.17) is 0 Å². The van der Waals surface area contributed by atoms with Crippen LogP contribution in [-0.4, -0.2) is 11.2 Å². The minimum Gasteiger partial charge on any atom is -0.393 e. The molecule has 0 radical (unpaired) electrons. The van der Waals surface area contributed by atoms with Gasteiger partial charge in [0.05, 0.1) is 6.10 Å². The molecule has 84 valence electrons. The summed E-state index contributed by atoms with van der Waals surface area (Å²) in [6, 6.07) is 0. The molecule has 2 atom stereocenters. The van der Waals surface area contributed by atoms with E-state index in [1.165, 1.54) is 12.0 Å². The maximum atomic E-state index is 9.92. The molecule has 0 saturated heterocycles. The Bertz CT molecular complexity index is 157. The Balaban J connectivity index is 4.06. The molecule has 0 aliphatic heterocycles. The lowest BCUT2D eigenvalue weighted by Gasteiger charge is -2.20. The number of rotatable bonds is 7. The van der Waals surface area contributed by atoms with E-state index in [0.717, 1.165) is 25.7 Å². The van der Waals surface area contributed by atoms with Gasteiger partial charge in [-0.2, -0.15) is 0 Å². The van der Waals surface area contributed by atoms with Crippen LogP contribution in [-0.2, 0) is 0 Å². The summed E-state index contributed by atoms with van der Waals surface area (Å²) in [7, 11) is 0. The van der Waals surface area contributed by atoms with Gasteiger partial charge in [-0.05, 0) is 39.0 Å². The summed E-state index contributed by atoms with van der Waals surface area (Å²) in [4.78, 5) is 0. The largest absolute Gasteiger partial charge is 0.393 e. The van der Waals surface area contributed by atoms with Crippen molar-refractivity contribution in [2.75, 3.05) is 0 Å². The third-order valence-electron chi connectivity index (χ3n) is 2.62. The van der Waals surface area contributed by atoms with E-state index in [2.05, 4.69) is 33.8 Å². The van der Waals surface area contributed by atoms with Crippen molar-refractivity contribution in [1.29, 1.82) is 0 Å². The molecule has 0 spiro atoms. The average molecular weight is 198 g/mol. The Kier molecular flexibility index (Phi) is 7.87. The van der Waals surface area contributed by atoms with Crippen LogP contribution in [0.15, 0.2) is 11.6 Å². The second kappa shape index (κ2) is 8.05. The summed E-state index contributed by atoms with van der Waals surface area (Å²) in [6.07, 6.45) is 7.52. The van der Waals surface area contributed by atoms with E-state index >= 15 is 0 Å². The van der Waals surface area contributed by atoms with E-state index in [9.17, 15) is 5.11 Å². The van der Waals surface area contributed by atoms with Gasteiger partial charge in [0.25, 0.3) is 0 Å². The van der Waals surface area contributed by atoms with Crippen LogP contribution in [0.4, 0.5) is 0 Å². The van der Waals surface area contributed by atoms with Crippen LogP contribution in [0, 0.1) is 5.92 Å². The molecule has 0 heterocycles. The quantitative estimate of drug-likeness (QED) is 0.615. The van der Waals surface area contributed by atoms with E-state index in [-0.39, 0.29) is 6.10 Å². The first-order valence-electron chi connectivity index (χ1n) is 5.93. The predicted octanol–water partition coefficient (Wildman–Crippen LogP) is 3.92. The summed E-state index contributed by atoms with van der Waals surface area (Å²) in [5.41, 5.74) is 1.36. The Morgan fingerprint density at radius 3 is 2.14 bits per heavy atom. The minimum atomic E-state index is -0.101. The Hall–Kier alpha value is -0.300. The molecule has 0 amide bonds. The average Bonchev–Trinajstić information content (AvgIpc) is 2.12. The summed E-state index contributed by atoms with van der Waals surface area (Å²) in [5, 5.41) is 9.92. The van der Waals surface area contributed by atoms with Crippen molar-refractivity contribution in [3.8, 4) is 0 Å². The first-order chi connectivity index (χ1) is 6.61. The molecule has 0 aliphatic rings. The number of allylic oxidation sites excluding steroid dienone is 2. The Labute approximate surface area is 89.2 Å². The monoisotopic (exact) mass is 198 g/mol. The molecule has 1 N–H and O–H groups in total. The van der Waals surface area contributed by atoms with Crippen LogP contribution in [0.2, 0.25) is 0 Å². The summed E-state index contributed by atoms with van der Waals surface area (Å²) in [5.74, 6) is 0.467. The number of hydrogen-bond acceptors (Lipinski definition) is 1. The summed E-state index contributed by atoms with van der Waals surface area (Å²) >= 11 is 0. The third-order valence-corrected chi connectivity index (χ3v) is 2.62. The number of hydrogen-bond donors (Lipinski definition) is 1. The Morgan fingerprint density at radius 1 is 1.14 bits per heavy atom. The van der Waals surface area contributed by atoms with Gasteiger partial charge in [-0.1, -0.05) is 38.3 Å². The molecule has 0 aromatic heterocycles. The zero-order valence-electron chi connectivity index (χ0n) is 10.2. The van der Waals surface area contributed by atoms with Gasteiger partial charge >= 0.3 is 0 Å². The van der Waals surface area contributed by atoms with Gasteiger partial charge < -0.3 is 5.11 Å². The molecule has 1 heteroatoms. The van der Waals surface area contributed by atoms with Crippen molar-refractivity contribution in [3.05, 3.63) is 11.6 Å². The highest BCUT2D eigenvalue weighted by atomic mass is 16.3. The van der Waals surface area contributed by atoms with E-state index in [1.807, 2.05) is 0 Å². The van der Waals surface area contributed by atoms with Gasteiger partial charge in [0.2, 0.25) is 0 Å². The van der Waals surface area contributed by atoms with Crippen LogP contribution >= 0.6 is 0 Å². The maximum Gasteiger partial charge on any atom is 0.0571 e. The lowest BCUT2D eigenvalue weighted by Crippen LogP contribution is -2.19. The first kappa shape index (κ1) is 13.7. The molecule has 0 aliphatic carbocycles. The van der Waals surface area contributed by atoms with Crippen molar-refractivity contribution >= 4 is 0 Å². The van der Waals surface area contributed by atoms with Gasteiger partial charge in [0, 0.05) is 0 Å². The second-order valence-electron chi connectivity index (χ2n) is 4.42. The fraction of sp³-hybridized carbons (Fsp3) is 0.846. The van der Waals surface area contributed by atoms with Crippen LogP contribution in [0.25, 0.3) is 0 Å². The minimum absolute atomic E-state index is 0.101. The predicted molar refractivity (Wildman–Crippen MR) is 63.4 cm³/mol. The van der Waals surface area contributed by atoms with Crippen molar-refractivity contribution < 1.29 is 5.11 Å². The molecule has 0 saturated carbocycles. The van der Waals surface area contributed by atoms with E-state index < -0.39 is 0 Å². The summed E-state index contributed by atoms with van der Waals surface area (Å²) in [6.45, 7) is 8.56. The molecule has 0 unspecified atom stereocenters. The van der Waals surface area contributed by atoms with E-state index in [0.29, 0.717) is 5.92 Å². The van der Waals surface area contributed by atoms with Crippen LogP contribution in [0.1, 0.15) is 59.8 Å². The maximum absolute atomic E-state index is 9.92. The van der Waals surface area contributed by atoms with Crippen molar-refractivity contribution in [2.24, 2.45) is 5.92 Å². The number of aliphatic hydroxyl groups is 1. The normalized spacial score (nSPS) is 14.9. The zero-order chi connectivity index (χ0) is 11.0. The van der Waals surface area contributed by atoms with Gasteiger partial charge in [0.15, 0.2) is 0 Å². The second-order valence-corrected chi connectivity index (χ2v) is 4.42. The van der Waals surface area contributed by atoms with Crippen molar-refractivity contribution in [2.45, 2.75) is 65.9 Å². The molecular weight excluding hydrogens is 172 g/mol. The molecule has 14 heavy (non-hydrogen) atoms. The van der Waals surface area contributed by atoms with Gasteiger partial charge in [0.1, 0.15) is 0 Å². The third kappa shape index (κ3) is 6.20. The van der Waals surface area contributed by atoms with Gasteiger partial charge in [-0.25, -0.2) is 0 Å². The lowest BCUT2D eigenvalue weighted by molar-refractivity contribution is 0.0938. The van der Waals surface area contributed by atoms with E-state index in [1.54, 1.807) is 0 Å². The lowest BCUT2D eigenvalue weighted by atomic mass is 9.90. The van der Waals surface area contributed by atoms with Gasteiger partial charge in [-0.15, -0.1) is 0 Å². The number of aliphatic hydroxyl groups excluding tert-OH is 1. The van der Waals surface area contributed by atoms with Crippen molar-refractivity contribution in [3.63, 3.8) is 0 Å². The summed E-state index contributed by atoms with van der Waals surface area (Å²) < 4.78 is 0. The van der Waals surface area contributed by atoms with Crippen LogP contribution < -0.4 is 0 Å². The first-order valence-corrected chi connectivity index (χ1v) is 5.93. The zero-order valence-corrected chi connectivity index (χ0v) is 10.2. The smallest absolute Gasteiger partial charge is 0.0571 e. The molecule has 0 aromatic rings. The van der Waals surface area contributed by atoms with Crippen molar-refractivity contribution in [1.82, 2.24) is 0 Å². The fourth-order valence-corrected chi connectivity index (χ4v) is 1.76. The molecule has 0 rings (SSSR count). The highest BCUT2D eigenvalue weighted by Gasteiger charge is 2.15. The molecule has 0 bridgehead atoms. The van der Waals surface area contributed by atoms with Crippen LogP contribution in [0.3, 0.4) is 0 Å². The molecule has 0 fully saturated rings. The highest BCUT2D eigenvalue weighted by molar-refractivity contribution is 4.94. The molecule has 1 nitrogen and oxygen atoms in total. The topological polar surface area (TPSA) is 20.2 Å². The SMILES string of the molecule is CCC[C@H](CC=C(C)C)[C@H](O)CCC. The highest BCUT2D eigenvalue weighted by Crippen LogP contribution is 2.20. The Morgan fingerprint density at radius 2 is 1.71 bits per heavy atom. The standard InChI is InChI=1S/C13H26O/c1-5-7-12(10-9-11(3)4)13(14)8-6-2/h9,12-14H,5-8,10H2,1-4H3/t12-,13-/m1/s1. The fourth-order valence-electron chi connectivity index (χ4n) is 1.76. The molecule has 0 aromatic carbocycles. The van der Waals surface area contributed by atoms with Crippen LogP contribution in [0.5, 0.6) is 0 Å². The molecular formula is C13H26O.